The minimum absolute atomic E-state index is 0.240. The summed E-state index contributed by atoms with van der Waals surface area (Å²) in [5.74, 6) is -0.240. The van der Waals surface area contributed by atoms with Crippen LogP contribution < -0.4 is 0 Å². The van der Waals surface area contributed by atoms with Crippen LogP contribution in [-0.4, -0.2) is 4.84 Å². The van der Waals surface area contributed by atoms with E-state index in [0.717, 1.165) is 11.1 Å². The van der Waals surface area contributed by atoms with Crippen LogP contribution in [0.5, 0.6) is 0 Å². The van der Waals surface area contributed by atoms with Crippen LogP contribution in [0.2, 0.25) is 10.0 Å². The molecule has 4 heteroatoms. The fourth-order valence-electron chi connectivity index (χ4n) is 1.89. The van der Waals surface area contributed by atoms with E-state index in [1.165, 1.54) is 0 Å². The predicted molar refractivity (Wildman–Crippen MR) is 80.2 cm³/mol. The maximum atomic E-state index is 6.20. The second-order valence-electron chi connectivity index (χ2n) is 3.86. The molecule has 2 aromatic rings. The minimum atomic E-state index is -0.621. The molecule has 0 spiro atoms. The van der Waals surface area contributed by atoms with Gasteiger partial charge in [-0.05, 0) is 23.3 Å². The van der Waals surface area contributed by atoms with Gasteiger partial charge < -0.3 is 0 Å². The van der Waals surface area contributed by atoms with E-state index >= 15 is 0 Å². The second kappa shape index (κ2) is 6.16. The van der Waals surface area contributed by atoms with E-state index in [9.17, 15) is 0 Å². The molecule has 0 N–H and O–H groups in total. The van der Waals surface area contributed by atoms with Gasteiger partial charge in [-0.1, -0.05) is 59.6 Å². The lowest BCUT2D eigenvalue weighted by atomic mass is 9.92. The maximum absolute atomic E-state index is 6.20. The highest BCUT2D eigenvalue weighted by atomic mass is 35.5. The highest BCUT2D eigenvalue weighted by Crippen LogP contribution is 2.39. The van der Waals surface area contributed by atoms with E-state index in [-0.39, 0.29) is 5.92 Å². The molecular weight excluding hydrogens is 310 g/mol. The van der Waals surface area contributed by atoms with Crippen LogP contribution in [0, 0.1) is 0 Å². The molecule has 2 aromatic carbocycles. The minimum Gasteiger partial charge on any atom is -0.104 e. The number of halogens is 4. The van der Waals surface area contributed by atoms with Crippen LogP contribution >= 0.6 is 46.4 Å². The molecular formula is C14H10Cl4. The smallest absolute Gasteiger partial charge is 0.104 e. The Morgan fingerprint density at radius 1 is 0.667 bits per heavy atom. The second-order valence-corrected chi connectivity index (χ2v) is 5.83. The maximum Gasteiger partial charge on any atom is 0.118 e. The van der Waals surface area contributed by atoms with Gasteiger partial charge in [0.1, 0.15) is 4.84 Å². The van der Waals surface area contributed by atoms with Crippen molar-refractivity contribution in [1.29, 1.82) is 0 Å². The molecule has 0 aliphatic rings. The molecule has 0 aliphatic carbocycles. The third kappa shape index (κ3) is 2.95. The fourth-order valence-corrected chi connectivity index (χ4v) is 2.94. The average Bonchev–Trinajstić information content (AvgIpc) is 2.34. The summed E-state index contributed by atoms with van der Waals surface area (Å²) in [4.78, 5) is -0.621. The SMILES string of the molecule is Clc1ccccc1C(c1ccccc1Cl)C(Cl)Cl. The van der Waals surface area contributed by atoms with Crippen LogP contribution in [0.3, 0.4) is 0 Å². The van der Waals surface area contributed by atoms with E-state index in [2.05, 4.69) is 0 Å². The molecule has 0 bridgehead atoms. The monoisotopic (exact) mass is 318 g/mol. The topological polar surface area (TPSA) is 0 Å². The van der Waals surface area contributed by atoms with Gasteiger partial charge >= 0.3 is 0 Å². The zero-order valence-electron chi connectivity index (χ0n) is 9.29. The molecule has 0 heterocycles. The largest absolute Gasteiger partial charge is 0.118 e. The van der Waals surface area contributed by atoms with Crippen molar-refractivity contribution in [2.45, 2.75) is 10.8 Å². The van der Waals surface area contributed by atoms with Crippen LogP contribution in [0.25, 0.3) is 0 Å². The number of alkyl halides is 2. The quantitative estimate of drug-likeness (QED) is 0.615. The van der Waals surface area contributed by atoms with Gasteiger partial charge in [0.2, 0.25) is 0 Å². The fraction of sp³-hybridized carbons (Fsp3) is 0.143. The van der Waals surface area contributed by atoms with Crippen molar-refractivity contribution < 1.29 is 0 Å². The van der Waals surface area contributed by atoms with E-state index in [0.29, 0.717) is 10.0 Å². The molecule has 0 aliphatic heterocycles. The molecule has 94 valence electrons. The molecule has 0 nitrogen and oxygen atoms in total. The molecule has 18 heavy (non-hydrogen) atoms. The van der Waals surface area contributed by atoms with Crippen molar-refractivity contribution in [3.63, 3.8) is 0 Å². The Morgan fingerprint density at radius 3 is 1.39 bits per heavy atom. The van der Waals surface area contributed by atoms with E-state index in [1.54, 1.807) is 0 Å². The van der Waals surface area contributed by atoms with Crippen molar-refractivity contribution in [2.24, 2.45) is 0 Å². The number of benzene rings is 2. The Hall–Kier alpha value is -0.400. The molecule has 0 radical (unpaired) electrons. The van der Waals surface area contributed by atoms with Crippen molar-refractivity contribution in [3.8, 4) is 0 Å². The van der Waals surface area contributed by atoms with Crippen LogP contribution in [0.1, 0.15) is 17.0 Å². The average molecular weight is 320 g/mol. The van der Waals surface area contributed by atoms with E-state index in [1.807, 2.05) is 48.5 Å². The number of rotatable bonds is 3. The molecule has 2 rings (SSSR count). The molecule has 0 fully saturated rings. The Balaban J connectivity index is 2.55. The first-order valence-corrected chi connectivity index (χ1v) is 7.01. The summed E-state index contributed by atoms with van der Waals surface area (Å²) in [5, 5.41) is 1.27. The summed E-state index contributed by atoms with van der Waals surface area (Å²) < 4.78 is 0. The van der Waals surface area contributed by atoms with Gasteiger partial charge in [0.15, 0.2) is 0 Å². The van der Waals surface area contributed by atoms with Gasteiger partial charge in [0.05, 0.1) is 0 Å². The van der Waals surface area contributed by atoms with Gasteiger partial charge in [-0.2, -0.15) is 0 Å². The van der Waals surface area contributed by atoms with Crippen molar-refractivity contribution in [1.82, 2.24) is 0 Å². The first-order valence-electron chi connectivity index (χ1n) is 5.38. The van der Waals surface area contributed by atoms with Crippen LogP contribution in [0.4, 0.5) is 0 Å². The summed E-state index contributed by atoms with van der Waals surface area (Å²) in [6, 6.07) is 15.0. The lowest BCUT2D eigenvalue weighted by molar-refractivity contribution is 0.887. The third-order valence-corrected chi connectivity index (χ3v) is 3.92. The van der Waals surface area contributed by atoms with Gasteiger partial charge in [-0.15, -0.1) is 23.2 Å². The Kier molecular flexibility index (Phi) is 4.80. The summed E-state index contributed by atoms with van der Waals surface area (Å²) in [5.41, 5.74) is 1.75. The Labute approximate surface area is 126 Å². The van der Waals surface area contributed by atoms with Crippen LogP contribution in [0.15, 0.2) is 48.5 Å². The van der Waals surface area contributed by atoms with E-state index < -0.39 is 4.84 Å². The van der Waals surface area contributed by atoms with Crippen LogP contribution in [-0.2, 0) is 0 Å². The molecule has 0 atom stereocenters. The summed E-state index contributed by atoms with van der Waals surface area (Å²) in [6.45, 7) is 0. The zero-order chi connectivity index (χ0) is 13.1. The molecule has 0 unspecified atom stereocenters. The Morgan fingerprint density at radius 2 is 1.06 bits per heavy atom. The Bertz CT molecular complexity index is 491. The molecule has 0 saturated heterocycles. The van der Waals surface area contributed by atoms with Gasteiger partial charge in [-0.3, -0.25) is 0 Å². The van der Waals surface area contributed by atoms with Gasteiger partial charge in [0.25, 0.3) is 0 Å². The van der Waals surface area contributed by atoms with Crippen molar-refractivity contribution >= 4 is 46.4 Å². The normalized spacial score (nSPS) is 11.2. The highest BCUT2D eigenvalue weighted by Gasteiger charge is 2.25. The summed E-state index contributed by atoms with van der Waals surface area (Å²) in [7, 11) is 0. The summed E-state index contributed by atoms with van der Waals surface area (Å²) >= 11 is 24.6. The highest BCUT2D eigenvalue weighted by molar-refractivity contribution is 6.45. The lowest BCUT2D eigenvalue weighted by Gasteiger charge is -2.21. The summed E-state index contributed by atoms with van der Waals surface area (Å²) in [6.07, 6.45) is 0. The molecule has 0 amide bonds. The standard InChI is InChI=1S/C14H10Cl4/c15-11-7-3-1-5-9(11)13(14(17)18)10-6-2-4-8-12(10)16/h1-8,13-14H. The predicted octanol–water partition coefficient (Wildman–Crippen LogP) is 5.93. The van der Waals surface area contributed by atoms with Gasteiger partial charge in [-0.25, -0.2) is 0 Å². The molecule has 0 aromatic heterocycles. The number of hydrogen-bond acceptors (Lipinski definition) is 0. The molecule has 0 saturated carbocycles. The zero-order valence-corrected chi connectivity index (χ0v) is 12.3. The number of hydrogen-bond donors (Lipinski definition) is 0. The van der Waals surface area contributed by atoms with Gasteiger partial charge in [0, 0.05) is 16.0 Å². The van der Waals surface area contributed by atoms with Crippen molar-refractivity contribution in [3.05, 3.63) is 69.7 Å². The first-order chi connectivity index (χ1) is 8.61. The first kappa shape index (κ1) is 14.0. The third-order valence-electron chi connectivity index (χ3n) is 2.73. The van der Waals surface area contributed by atoms with Crippen molar-refractivity contribution in [2.75, 3.05) is 0 Å². The van der Waals surface area contributed by atoms with E-state index in [4.69, 9.17) is 46.4 Å². The lowest BCUT2D eigenvalue weighted by Crippen LogP contribution is -2.10.